The molecule has 0 saturated heterocycles. The molecule has 5 nitrogen and oxygen atoms in total. The average Bonchev–Trinajstić information content (AvgIpc) is 2.56. The number of anilines is 2. The van der Waals surface area contributed by atoms with Crippen molar-refractivity contribution in [2.24, 2.45) is 0 Å². The molecule has 23 heavy (non-hydrogen) atoms. The minimum atomic E-state index is -0.952. The average molecular weight is 308 g/mol. The summed E-state index contributed by atoms with van der Waals surface area (Å²) in [6, 6.07) is 14.3. The molecule has 1 heterocycles. The van der Waals surface area contributed by atoms with Crippen LogP contribution in [0, 0.1) is 0 Å². The Labute approximate surface area is 133 Å². The first-order chi connectivity index (χ1) is 11.2. The van der Waals surface area contributed by atoms with Crippen molar-refractivity contribution in [1.29, 1.82) is 0 Å². The Hall–Kier alpha value is -3.08. The first-order valence-electron chi connectivity index (χ1n) is 7.30. The Kier molecular flexibility index (Phi) is 4.10. The maximum absolute atomic E-state index is 11.1. The molecule has 0 spiro atoms. The van der Waals surface area contributed by atoms with Gasteiger partial charge in [-0.25, -0.2) is 4.79 Å². The van der Waals surface area contributed by atoms with E-state index in [2.05, 4.69) is 10.3 Å². The van der Waals surface area contributed by atoms with Gasteiger partial charge in [0.1, 0.15) is 11.3 Å². The van der Waals surface area contributed by atoms with Gasteiger partial charge in [-0.1, -0.05) is 18.2 Å². The summed E-state index contributed by atoms with van der Waals surface area (Å²) >= 11 is 0. The SMILES string of the molecule is CCOc1cccc2c(Nc3cccc(C(=O)O)c3)ccnc12. The molecule has 0 radical (unpaired) electrons. The van der Waals surface area contributed by atoms with Gasteiger partial charge in [0.2, 0.25) is 0 Å². The molecule has 5 heteroatoms. The van der Waals surface area contributed by atoms with E-state index in [4.69, 9.17) is 9.84 Å². The number of fused-ring (bicyclic) bond motifs is 1. The fourth-order valence-corrected chi connectivity index (χ4v) is 2.42. The molecule has 0 bridgehead atoms. The number of pyridine rings is 1. The van der Waals surface area contributed by atoms with Gasteiger partial charge in [0, 0.05) is 23.0 Å². The number of carboxylic acid groups (broad SMARTS) is 1. The van der Waals surface area contributed by atoms with Gasteiger partial charge in [0.25, 0.3) is 0 Å². The first kappa shape index (κ1) is 14.8. The Morgan fingerprint density at radius 1 is 1.22 bits per heavy atom. The van der Waals surface area contributed by atoms with Crippen LogP contribution in [0.5, 0.6) is 5.75 Å². The summed E-state index contributed by atoms with van der Waals surface area (Å²) in [5.41, 5.74) is 2.57. The summed E-state index contributed by atoms with van der Waals surface area (Å²) in [6.45, 7) is 2.50. The minimum Gasteiger partial charge on any atom is -0.492 e. The van der Waals surface area contributed by atoms with Crippen molar-refractivity contribution in [2.75, 3.05) is 11.9 Å². The Morgan fingerprint density at radius 3 is 2.83 bits per heavy atom. The Morgan fingerprint density at radius 2 is 2.04 bits per heavy atom. The molecule has 3 rings (SSSR count). The predicted molar refractivity (Wildman–Crippen MR) is 89.6 cm³/mol. The highest BCUT2D eigenvalue weighted by Crippen LogP contribution is 2.30. The molecule has 116 valence electrons. The monoisotopic (exact) mass is 308 g/mol. The number of benzene rings is 2. The van der Waals surface area contributed by atoms with Gasteiger partial charge >= 0.3 is 5.97 Å². The standard InChI is InChI=1S/C18H16N2O3/c1-2-23-16-8-4-7-14-15(9-10-19-17(14)16)20-13-6-3-5-12(11-13)18(21)22/h3-11H,2H2,1H3,(H,19,20)(H,21,22). The molecule has 0 aliphatic heterocycles. The number of para-hydroxylation sites is 1. The van der Waals surface area contributed by atoms with Crippen LogP contribution in [0.15, 0.2) is 54.7 Å². The fraction of sp³-hybridized carbons (Fsp3) is 0.111. The van der Waals surface area contributed by atoms with E-state index in [0.717, 1.165) is 22.3 Å². The number of hydrogen-bond donors (Lipinski definition) is 2. The van der Waals surface area contributed by atoms with Crippen molar-refractivity contribution in [3.63, 3.8) is 0 Å². The van der Waals surface area contributed by atoms with Crippen LogP contribution < -0.4 is 10.1 Å². The van der Waals surface area contributed by atoms with E-state index in [1.807, 2.05) is 37.3 Å². The van der Waals surface area contributed by atoms with Gasteiger partial charge in [-0.15, -0.1) is 0 Å². The quantitative estimate of drug-likeness (QED) is 0.743. The molecule has 3 aromatic rings. The molecule has 0 fully saturated rings. The van der Waals surface area contributed by atoms with E-state index >= 15 is 0 Å². The number of nitrogens with zero attached hydrogens (tertiary/aromatic N) is 1. The molecule has 0 unspecified atom stereocenters. The summed E-state index contributed by atoms with van der Waals surface area (Å²) in [7, 11) is 0. The van der Waals surface area contributed by atoms with Crippen molar-refractivity contribution < 1.29 is 14.6 Å². The predicted octanol–water partition coefficient (Wildman–Crippen LogP) is 4.08. The van der Waals surface area contributed by atoms with Gasteiger partial charge in [-0.2, -0.15) is 0 Å². The molecule has 2 aromatic carbocycles. The number of carboxylic acids is 1. The van der Waals surface area contributed by atoms with E-state index in [9.17, 15) is 4.79 Å². The number of aromatic carboxylic acids is 1. The number of aromatic nitrogens is 1. The Balaban J connectivity index is 2.02. The molecule has 1 aromatic heterocycles. The van der Waals surface area contributed by atoms with E-state index in [-0.39, 0.29) is 5.56 Å². The maximum atomic E-state index is 11.1. The summed E-state index contributed by atoms with van der Waals surface area (Å²) in [6.07, 6.45) is 1.70. The topological polar surface area (TPSA) is 71.5 Å². The van der Waals surface area contributed by atoms with Crippen LogP contribution in [-0.2, 0) is 0 Å². The third kappa shape index (κ3) is 3.08. The zero-order valence-electron chi connectivity index (χ0n) is 12.6. The molecule has 0 amide bonds. The molecule has 0 aliphatic rings. The van der Waals surface area contributed by atoms with Gasteiger partial charge in [-0.3, -0.25) is 4.98 Å². The number of ether oxygens (including phenoxy) is 1. The van der Waals surface area contributed by atoms with Gasteiger partial charge in [0.05, 0.1) is 12.2 Å². The molecular weight excluding hydrogens is 292 g/mol. The highest BCUT2D eigenvalue weighted by molar-refractivity contribution is 5.96. The third-order valence-corrected chi connectivity index (χ3v) is 3.42. The van der Waals surface area contributed by atoms with E-state index < -0.39 is 5.97 Å². The smallest absolute Gasteiger partial charge is 0.335 e. The summed E-state index contributed by atoms with van der Waals surface area (Å²) < 4.78 is 5.61. The van der Waals surface area contributed by atoms with Crippen LogP contribution in [0.25, 0.3) is 10.9 Å². The fourth-order valence-electron chi connectivity index (χ4n) is 2.42. The van der Waals surface area contributed by atoms with Gasteiger partial charge in [-0.05, 0) is 37.3 Å². The number of nitrogens with one attached hydrogen (secondary N) is 1. The summed E-state index contributed by atoms with van der Waals surface area (Å²) in [4.78, 5) is 15.5. The lowest BCUT2D eigenvalue weighted by atomic mass is 10.1. The molecule has 0 saturated carbocycles. The van der Waals surface area contributed by atoms with Crippen LogP contribution in [0.1, 0.15) is 17.3 Å². The van der Waals surface area contributed by atoms with Crippen LogP contribution in [-0.4, -0.2) is 22.7 Å². The molecule has 0 aliphatic carbocycles. The number of hydrogen-bond acceptors (Lipinski definition) is 4. The van der Waals surface area contributed by atoms with Crippen molar-refractivity contribution in [3.05, 3.63) is 60.3 Å². The lowest BCUT2D eigenvalue weighted by molar-refractivity contribution is 0.0697. The number of carbonyl (C=O) groups is 1. The maximum Gasteiger partial charge on any atom is 0.335 e. The van der Waals surface area contributed by atoms with Gasteiger partial charge in [0.15, 0.2) is 0 Å². The first-order valence-corrected chi connectivity index (χ1v) is 7.30. The minimum absolute atomic E-state index is 0.239. The van der Waals surface area contributed by atoms with Crippen molar-refractivity contribution in [2.45, 2.75) is 6.92 Å². The second-order valence-corrected chi connectivity index (χ2v) is 4.95. The zero-order valence-corrected chi connectivity index (χ0v) is 12.6. The van der Waals surface area contributed by atoms with E-state index in [1.54, 1.807) is 24.4 Å². The molecular formula is C18H16N2O3. The molecule has 0 atom stereocenters. The lowest BCUT2D eigenvalue weighted by Crippen LogP contribution is -1.99. The van der Waals surface area contributed by atoms with Crippen LogP contribution >= 0.6 is 0 Å². The second kappa shape index (κ2) is 6.36. The highest BCUT2D eigenvalue weighted by atomic mass is 16.5. The second-order valence-electron chi connectivity index (χ2n) is 4.95. The highest BCUT2D eigenvalue weighted by Gasteiger charge is 2.08. The van der Waals surface area contributed by atoms with Gasteiger partial charge < -0.3 is 15.2 Å². The lowest BCUT2D eigenvalue weighted by Gasteiger charge is -2.12. The Bertz CT molecular complexity index is 862. The van der Waals surface area contributed by atoms with Crippen LogP contribution in [0.2, 0.25) is 0 Å². The molecule has 2 N–H and O–H groups in total. The third-order valence-electron chi connectivity index (χ3n) is 3.42. The van der Waals surface area contributed by atoms with Crippen molar-refractivity contribution in [3.8, 4) is 5.75 Å². The van der Waals surface area contributed by atoms with E-state index in [0.29, 0.717) is 12.3 Å². The summed E-state index contributed by atoms with van der Waals surface area (Å²) in [5.74, 6) is -0.222. The summed E-state index contributed by atoms with van der Waals surface area (Å²) in [5, 5.41) is 13.3. The normalized spacial score (nSPS) is 10.5. The zero-order chi connectivity index (χ0) is 16.2. The number of rotatable bonds is 5. The van der Waals surface area contributed by atoms with Crippen molar-refractivity contribution >= 4 is 28.2 Å². The largest absolute Gasteiger partial charge is 0.492 e. The van der Waals surface area contributed by atoms with Crippen LogP contribution in [0.3, 0.4) is 0 Å². The van der Waals surface area contributed by atoms with Crippen molar-refractivity contribution in [1.82, 2.24) is 4.98 Å². The van der Waals surface area contributed by atoms with Crippen LogP contribution in [0.4, 0.5) is 11.4 Å². The van der Waals surface area contributed by atoms with E-state index in [1.165, 1.54) is 0 Å².